The second-order valence-corrected chi connectivity index (χ2v) is 6.28. The molecule has 0 aromatic heterocycles. The molecule has 0 fully saturated rings. The van der Waals surface area contributed by atoms with Gasteiger partial charge in [-0.2, -0.15) is 4.99 Å². The van der Waals surface area contributed by atoms with E-state index in [9.17, 15) is 4.79 Å². The molecule has 0 unspecified atom stereocenters. The number of hydrogen-bond donors (Lipinski definition) is 5. The Balaban J connectivity index is 1.77. The molecular weight excluding hydrogens is 316 g/mol. The van der Waals surface area contributed by atoms with Gasteiger partial charge in [0.15, 0.2) is 0 Å². The van der Waals surface area contributed by atoms with Gasteiger partial charge in [0.05, 0.1) is 5.69 Å². The molecule has 1 amide bonds. The summed E-state index contributed by atoms with van der Waals surface area (Å²) in [6, 6.07) is 13.5. The first-order chi connectivity index (χ1) is 12.0. The van der Waals surface area contributed by atoms with Crippen LogP contribution in [0.1, 0.15) is 16.7 Å². The van der Waals surface area contributed by atoms with Gasteiger partial charge in [0, 0.05) is 5.56 Å². The minimum atomic E-state index is -1.27. The monoisotopic (exact) mass is 335 g/mol. The molecule has 2 aromatic carbocycles. The lowest BCUT2D eigenvalue weighted by Crippen LogP contribution is -2.92. The molecule has 2 aliphatic heterocycles. The second-order valence-electron chi connectivity index (χ2n) is 6.28. The number of benzene rings is 2. The predicted molar refractivity (Wildman–Crippen MR) is 97.0 cm³/mol. The average molecular weight is 335 g/mol. The van der Waals surface area contributed by atoms with E-state index in [0.29, 0.717) is 5.96 Å². The zero-order valence-electron chi connectivity index (χ0n) is 14.0. The molecular formula is C18H19N6O+. The largest absolute Gasteiger partial charge is 0.358 e. The highest BCUT2D eigenvalue weighted by Gasteiger charge is 2.51. The van der Waals surface area contributed by atoms with Crippen molar-refractivity contribution in [3.05, 3.63) is 59.2 Å². The number of carbonyl (C=O) groups excluding carboxylic acids is 1. The molecule has 0 aliphatic carbocycles. The Morgan fingerprint density at radius 2 is 1.96 bits per heavy atom. The minimum absolute atomic E-state index is 0.165. The average Bonchev–Trinajstić information content (AvgIpc) is 2.82. The summed E-state index contributed by atoms with van der Waals surface area (Å²) in [4.78, 5) is 20.2. The van der Waals surface area contributed by atoms with Crippen molar-refractivity contribution in [1.29, 1.82) is 0 Å². The lowest BCUT2D eigenvalue weighted by Gasteiger charge is -2.22. The lowest BCUT2D eigenvalue weighted by atomic mass is 10.0. The third-order valence-corrected chi connectivity index (χ3v) is 4.38. The molecule has 2 aromatic rings. The molecule has 0 saturated heterocycles. The van der Waals surface area contributed by atoms with E-state index in [1.54, 1.807) is 0 Å². The van der Waals surface area contributed by atoms with Crippen LogP contribution in [0.4, 0.5) is 11.4 Å². The van der Waals surface area contributed by atoms with E-state index in [1.165, 1.54) is 5.56 Å². The van der Waals surface area contributed by atoms with Gasteiger partial charge < -0.3 is 11.1 Å². The number of nitrogens with one attached hydrogen (secondary N) is 4. The van der Waals surface area contributed by atoms with Crippen LogP contribution in [0, 0.1) is 13.8 Å². The molecule has 25 heavy (non-hydrogen) atoms. The summed E-state index contributed by atoms with van der Waals surface area (Å²) in [5.74, 6) is 0.405. The number of aliphatic imine (C=N–C) groups is 1. The maximum atomic E-state index is 12.7. The molecule has 0 bridgehead atoms. The van der Waals surface area contributed by atoms with Crippen molar-refractivity contribution in [2.75, 3.05) is 10.6 Å². The zero-order chi connectivity index (χ0) is 17.6. The van der Waals surface area contributed by atoms with E-state index >= 15 is 0 Å². The van der Waals surface area contributed by atoms with E-state index in [4.69, 9.17) is 5.73 Å². The van der Waals surface area contributed by atoms with Gasteiger partial charge in [-0.25, -0.2) is 15.6 Å². The number of rotatable bonds is 1. The Bertz CT molecular complexity index is 948. The van der Waals surface area contributed by atoms with Crippen LogP contribution in [0.15, 0.2) is 47.5 Å². The highest BCUT2D eigenvalue weighted by Crippen LogP contribution is 2.33. The summed E-state index contributed by atoms with van der Waals surface area (Å²) in [6.45, 7) is 4.06. The van der Waals surface area contributed by atoms with Crippen molar-refractivity contribution in [3.63, 3.8) is 0 Å². The molecule has 7 nitrogen and oxygen atoms in total. The van der Waals surface area contributed by atoms with Crippen LogP contribution in [-0.2, 0) is 10.5 Å². The molecule has 2 heterocycles. The number of aryl methyl sites for hydroxylation is 2. The summed E-state index contributed by atoms with van der Waals surface area (Å²) in [7, 11) is 0. The Hall–Kier alpha value is -3.35. The van der Waals surface area contributed by atoms with Crippen LogP contribution in [0.25, 0.3) is 0 Å². The summed E-state index contributed by atoms with van der Waals surface area (Å²) < 4.78 is 0. The van der Waals surface area contributed by atoms with Gasteiger partial charge in [-0.15, -0.1) is 0 Å². The third-order valence-electron chi connectivity index (χ3n) is 4.38. The number of nitrogens with two attached hydrogens (primary N) is 1. The molecule has 126 valence electrons. The summed E-state index contributed by atoms with van der Waals surface area (Å²) >= 11 is 0. The molecule has 6 N–H and O–H groups in total. The van der Waals surface area contributed by atoms with Gasteiger partial charge in [-0.05, 0) is 31.5 Å². The maximum absolute atomic E-state index is 12.7. The Morgan fingerprint density at radius 3 is 2.76 bits per heavy atom. The summed E-state index contributed by atoms with van der Waals surface area (Å²) in [6.07, 6.45) is 0. The van der Waals surface area contributed by atoms with Gasteiger partial charge >= 0.3 is 5.96 Å². The number of guanidine groups is 2. The normalized spacial score (nSPS) is 21.1. The van der Waals surface area contributed by atoms with Crippen LogP contribution < -0.4 is 26.7 Å². The topological polar surface area (TPSA) is 106 Å². The van der Waals surface area contributed by atoms with Crippen molar-refractivity contribution >= 4 is 29.2 Å². The Labute approximate surface area is 145 Å². The first-order valence-electron chi connectivity index (χ1n) is 8.01. The molecule has 0 radical (unpaired) electrons. The standard InChI is InChI=1S/C18H18N6O/c1-10-7-8-13(11(2)9-10)21-17-22-16(19)23-18(24-17)12-5-3-4-6-14(12)20-15(18)25/h3-9H,1-2H3,(H,20,25)(H4,19,21,22,23,24)/p+1/t18-/m0/s1. The van der Waals surface area contributed by atoms with Crippen molar-refractivity contribution in [3.8, 4) is 0 Å². The first kappa shape index (κ1) is 15.2. The van der Waals surface area contributed by atoms with Crippen molar-refractivity contribution in [2.24, 2.45) is 10.7 Å². The van der Waals surface area contributed by atoms with Crippen LogP contribution in [0.3, 0.4) is 0 Å². The van der Waals surface area contributed by atoms with Gasteiger partial charge in [0.25, 0.3) is 17.5 Å². The van der Waals surface area contributed by atoms with Gasteiger partial charge in [0.1, 0.15) is 5.69 Å². The molecule has 2 aliphatic rings. The Kier molecular flexibility index (Phi) is 3.24. The molecule has 7 heteroatoms. The minimum Gasteiger partial charge on any atom is -0.357 e. The van der Waals surface area contributed by atoms with Crippen molar-refractivity contribution in [1.82, 2.24) is 5.32 Å². The van der Waals surface area contributed by atoms with Crippen LogP contribution in [0.2, 0.25) is 0 Å². The van der Waals surface area contributed by atoms with Crippen LogP contribution in [0.5, 0.6) is 0 Å². The fourth-order valence-electron chi connectivity index (χ4n) is 3.21. The second kappa shape index (κ2) is 5.34. The van der Waals surface area contributed by atoms with Crippen molar-refractivity contribution in [2.45, 2.75) is 19.5 Å². The zero-order valence-corrected chi connectivity index (χ0v) is 14.0. The smallest absolute Gasteiger partial charge is 0.357 e. The highest BCUT2D eigenvalue weighted by atomic mass is 16.2. The third kappa shape index (κ3) is 2.40. The number of hydrogen-bond acceptors (Lipinski definition) is 5. The van der Waals surface area contributed by atoms with Gasteiger partial charge in [-0.1, -0.05) is 35.9 Å². The number of para-hydroxylation sites is 1. The summed E-state index contributed by atoms with van der Waals surface area (Å²) in [5.41, 5.74) is 9.35. The molecule has 1 atom stereocenters. The quantitative estimate of drug-likeness (QED) is 0.501. The highest BCUT2D eigenvalue weighted by molar-refractivity contribution is 6.09. The van der Waals surface area contributed by atoms with Crippen molar-refractivity contribution < 1.29 is 9.79 Å². The van der Waals surface area contributed by atoms with E-state index in [1.807, 2.05) is 50.2 Å². The maximum Gasteiger partial charge on any atom is 0.358 e. The van der Waals surface area contributed by atoms with Gasteiger partial charge in [0.2, 0.25) is 0 Å². The number of amides is 1. The number of carbonyl (C=O) groups is 1. The molecule has 1 spiro atoms. The van der Waals surface area contributed by atoms with Crippen LogP contribution in [-0.4, -0.2) is 17.8 Å². The summed E-state index contributed by atoms with van der Waals surface area (Å²) in [5, 5.41) is 9.06. The van der Waals surface area contributed by atoms with E-state index in [2.05, 4.69) is 32.0 Å². The number of nitrogens with zero attached hydrogens (tertiary/aromatic N) is 1. The fraction of sp³-hybridized carbons (Fsp3) is 0.167. The molecule has 0 saturated carbocycles. The fourth-order valence-corrected chi connectivity index (χ4v) is 3.21. The SMILES string of the molecule is Cc1ccc(NC2=[NH+][C@]3(N=C(N)N2)C(=O)Nc2ccccc23)c(C)c1. The number of anilines is 2. The van der Waals surface area contributed by atoms with Gasteiger partial charge in [-0.3, -0.25) is 4.79 Å². The lowest BCUT2D eigenvalue weighted by molar-refractivity contribution is -0.544. The van der Waals surface area contributed by atoms with E-state index in [-0.39, 0.29) is 11.9 Å². The number of fused-ring (bicyclic) bond motifs is 2. The molecule has 4 rings (SSSR count). The van der Waals surface area contributed by atoms with E-state index < -0.39 is 5.66 Å². The van der Waals surface area contributed by atoms with E-state index in [0.717, 1.165) is 22.5 Å². The predicted octanol–water partition coefficient (Wildman–Crippen LogP) is -0.125. The first-order valence-corrected chi connectivity index (χ1v) is 8.01. The van der Waals surface area contributed by atoms with Crippen LogP contribution >= 0.6 is 0 Å². The Morgan fingerprint density at radius 1 is 1.16 bits per heavy atom.